The first kappa shape index (κ1) is 26.6. The van der Waals surface area contributed by atoms with Crippen molar-refractivity contribution in [3.63, 3.8) is 0 Å². The quantitative estimate of drug-likeness (QED) is 0.254. The number of esters is 2. The lowest BCUT2D eigenvalue weighted by Gasteiger charge is -2.32. The minimum Gasteiger partial charge on any atom is -0.459 e. The summed E-state index contributed by atoms with van der Waals surface area (Å²) in [5, 5.41) is -0.0316. The number of hydrogen-bond donors (Lipinski definition) is 1. The predicted octanol–water partition coefficient (Wildman–Crippen LogP) is 4.83. The van der Waals surface area contributed by atoms with Crippen LogP contribution in [0, 0.1) is 13.8 Å². The molecule has 0 aliphatic carbocycles. The summed E-state index contributed by atoms with van der Waals surface area (Å²) >= 11 is 6.06. The summed E-state index contributed by atoms with van der Waals surface area (Å²) in [5.41, 5.74) is 8.47. The highest BCUT2D eigenvalue weighted by Gasteiger charge is 2.52. The van der Waals surface area contributed by atoms with Crippen LogP contribution >= 0.6 is 11.6 Å². The fraction of sp³-hybridized carbons (Fsp3) is 0.321. The van der Waals surface area contributed by atoms with Gasteiger partial charge in [0.1, 0.15) is 30.1 Å². The maximum Gasteiger partial charge on any atom is 0.338 e. The summed E-state index contributed by atoms with van der Waals surface area (Å²) in [5.74, 6) is -0.867. The van der Waals surface area contributed by atoms with E-state index >= 15 is 0 Å². The Kier molecular flexibility index (Phi) is 7.24. The molecule has 202 valence electrons. The molecular formula is C28H28ClN5O5. The summed E-state index contributed by atoms with van der Waals surface area (Å²) in [6.07, 6.45) is 0.759. The molecule has 4 aromatic rings. The summed E-state index contributed by atoms with van der Waals surface area (Å²) in [4.78, 5) is 38.6. The minimum absolute atomic E-state index is 0.0316. The highest BCUT2D eigenvalue weighted by Crippen LogP contribution is 2.42. The van der Waals surface area contributed by atoms with Crippen molar-refractivity contribution in [1.29, 1.82) is 0 Å². The number of ether oxygens (including phenoxy) is 3. The lowest BCUT2D eigenvalue weighted by atomic mass is 9.94. The molecule has 1 aliphatic rings. The molecular weight excluding hydrogens is 522 g/mol. The zero-order valence-electron chi connectivity index (χ0n) is 21.8. The van der Waals surface area contributed by atoms with Crippen LogP contribution < -0.4 is 5.73 Å². The van der Waals surface area contributed by atoms with Gasteiger partial charge in [0.25, 0.3) is 0 Å². The van der Waals surface area contributed by atoms with E-state index in [1.165, 1.54) is 6.33 Å². The van der Waals surface area contributed by atoms with Crippen LogP contribution in [0.1, 0.15) is 57.8 Å². The zero-order valence-corrected chi connectivity index (χ0v) is 22.5. The molecule has 5 rings (SSSR count). The first-order valence-corrected chi connectivity index (χ1v) is 12.9. The normalized spacial score (nSPS) is 20.7. The Morgan fingerprint density at radius 3 is 2.28 bits per heavy atom. The molecule has 11 heteroatoms. The number of rotatable bonds is 7. The molecule has 3 heterocycles. The molecule has 39 heavy (non-hydrogen) atoms. The molecule has 0 saturated carbocycles. The number of carbonyl (C=O) groups excluding carboxylic acids is 2. The third kappa shape index (κ3) is 5.30. The van der Waals surface area contributed by atoms with Crippen molar-refractivity contribution < 1.29 is 23.8 Å². The van der Waals surface area contributed by atoms with Gasteiger partial charge in [0.05, 0.1) is 17.5 Å². The lowest BCUT2D eigenvalue weighted by molar-refractivity contribution is -0.132. The van der Waals surface area contributed by atoms with Crippen LogP contribution in [-0.4, -0.2) is 49.8 Å². The maximum atomic E-state index is 13.1. The molecule has 0 spiro atoms. The van der Waals surface area contributed by atoms with Gasteiger partial charge in [0.2, 0.25) is 5.28 Å². The molecule has 10 nitrogen and oxygen atoms in total. The number of hydrogen-bond acceptors (Lipinski definition) is 9. The van der Waals surface area contributed by atoms with Crippen LogP contribution in [0.15, 0.2) is 54.9 Å². The number of imidazole rings is 1. The first-order chi connectivity index (χ1) is 18.7. The Morgan fingerprint density at radius 2 is 1.67 bits per heavy atom. The summed E-state index contributed by atoms with van der Waals surface area (Å²) in [6, 6.07) is 14.2. The SMILES string of the molecule is CCC1(COC(=O)c2ccc(C)cc2)OC(n2cnc3c(N)nc(Cl)nc32)CC1OC(=O)c1ccc(C)cc1. The molecule has 2 aromatic heterocycles. The van der Waals surface area contributed by atoms with Gasteiger partial charge in [0, 0.05) is 6.42 Å². The van der Waals surface area contributed by atoms with Crippen LogP contribution in [0.25, 0.3) is 11.2 Å². The van der Waals surface area contributed by atoms with Gasteiger partial charge < -0.3 is 19.9 Å². The number of aryl methyl sites for hydroxylation is 2. The fourth-order valence-corrected chi connectivity index (χ4v) is 4.80. The highest BCUT2D eigenvalue weighted by atomic mass is 35.5. The van der Waals surface area contributed by atoms with Gasteiger partial charge in [-0.1, -0.05) is 42.3 Å². The maximum absolute atomic E-state index is 13.1. The second kappa shape index (κ2) is 10.6. The number of carbonyl (C=O) groups is 2. The first-order valence-electron chi connectivity index (χ1n) is 12.5. The van der Waals surface area contributed by atoms with Crippen molar-refractivity contribution >= 4 is 40.5 Å². The molecule has 3 atom stereocenters. The Morgan fingerprint density at radius 1 is 1.05 bits per heavy atom. The van der Waals surface area contributed by atoms with Gasteiger partial charge >= 0.3 is 11.9 Å². The average Bonchev–Trinajstić information content (AvgIpc) is 3.50. The van der Waals surface area contributed by atoms with Gasteiger partial charge in [-0.3, -0.25) is 4.57 Å². The van der Waals surface area contributed by atoms with Crippen molar-refractivity contribution in [2.75, 3.05) is 12.3 Å². The van der Waals surface area contributed by atoms with Gasteiger partial charge in [0.15, 0.2) is 11.5 Å². The zero-order chi connectivity index (χ0) is 27.7. The highest BCUT2D eigenvalue weighted by molar-refractivity contribution is 6.28. The molecule has 2 aromatic carbocycles. The number of aromatic nitrogens is 4. The van der Waals surface area contributed by atoms with E-state index in [4.69, 9.17) is 31.5 Å². The molecule has 0 bridgehead atoms. The summed E-state index contributed by atoms with van der Waals surface area (Å²) in [6.45, 7) is 5.63. The van der Waals surface area contributed by atoms with Crippen molar-refractivity contribution in [2.24, 2.45) is 0 Å². The van der Waals surface area contributed by atoms with E-state index in [2.05, 4.69) is 15.0 Å². The van der Waals surface area contributed by atoms with Gasteiger partial charge in [-0.2, -0.15) is 9.97 Å². The van der Waals surface area contributed by atoms with E-state index in [0.717, 1.165) is 11.1 Å². The number of nitrogen functional groups attached to an aromatic ring is 1. The van der Waals surface area contributed by atoms with Crippen LogP contribution in [0.3, 0.4) is 0 Å². The van der Waals surface area contributed by atoms with Crippen LogP contribution in [0.4, 0.5) is 5.82 Å². The second-order valence-corrected chi connectivity index (χ2v) is 9.97. The number of fused-ring (bicyclic) bond motifs is 1. The largest absolute Gasteiger partial charge is 0.459 e. The third-order valence-corrected chi connectivity index (χ3v) is 7.14. The lowest BCUT2D eigenvalue weighted by Crippen LogP contribution is -2.46. The van der Waals surface area contributed by atoms with Gasteiger partial charge in [-0.15, -0.1) is 0 Å². The molecule has 0 amide bonds. The van der Waals surface area contributed by atoms with Crippen LogP contribution in [0.5, 0.6) is 0 Å². The molecule has 1 aliphatic heterocycles. The van der Waals surface area contributed by atoms with Gasteiger partial charge in [-0.05, 0) is 56.1 Å². The van der Waals surface area contributed by atoms with Crippen molar-refractivity contribution in [1.82, 2.24) is 19.5 Å². The van der Waals surface area contributed by atoms with Crippen molar-refractivity contribution in [3.8, 4) is 0 Å². The number of halogens is 1. The van der Waals surface area contributed by atoms with Gasteiger partial charge in [-0.25, -0.2) is 14.6 Å². The van der Waals surface area contributed by atoms with E-state index in [0.29, 0.717) is 28.7 Å². The molecule has 3 unspecified atom stereocenters. The van der Waals surface area contributed by atoms with Crippen LogP contribution in [0.2, 0.25) is 5.28 Å². The Hall–Kier alpha value is -4.02. The van der Waals surface area contributed by atoms with E-state index < -0.39 is 29.9 Å². The average molecular weight is 550 g/mol. The minimum atomic E-state index is -1.13. The molecule has 2 N–H and O–H groups in total. The van der Waals surface area contributed by atoms with Crippen molar-refractivity contribution in [2.45, 2.75) is 51.5 Å². The smallest absolute Gasteiger partial charge is 0.338 e. The molecule has 1 saturated heterocycles. The number of nitrogens with two attached hydrogens (primary N) is 1. The predicted molar refractivity (Wildman–Crippen MR) is 144 cm³/mol. The van der Waals surface area contributed by atoms with E-state index in [-0.39, 0.29) is 24.1 Å². The van der Waals surface area contributed by atoms with E-state index in [1.54, 1.807) is 28.8 Å². The Labute approximate surface area is 230 Å². The Balaban J connectivity index is 1.45. The second-order valence-electron chi connectivity index (χ2n) is 9.63. The summed E-state index contributed by atoms with van der Waals surface area (Å²) in [7, 11) is 0. The van der Waals surface area contributed by atoms with E-state index in [9.17, 15) is 9.59 Å². The van der Waals surface area contributed by atoms with E-state index in [1.807, 2.05) is 45.0 Å². The number of anilines is 1. The number of nitrogens with zero attached hydrogens (tertiary/aromatic N) is 4. The van der Waals surface area contributed by atoms with Crippen molar-refractivity contribution in [3.05, 3.63) is 82.4 Å². The van der Waals surface area contributed by atoms with Crippen LogP contribution in [-0.2, 0) is 14.2 Å². The monoisotopic (exact) mass is 549 g/mol. The topological polar surface area (TPSA) is 131 Å². The third-order valence-electron chi connectivity index (χ3n) is 6.97. The number of benzene rings is 2. The standard InChI is InChI=1S/C28H28ClN5O5/c1-4-28(14-37-25(35)18-9-5-16(2)6-10-18)20(38-26(36)19-11-7-17(3)8-12-19)13-21(39-28)34-15-31-22-23(30)32-27(29)33-24(22)34/h5-12,15,20-21H,4,13-14H2,1-3H3,(H2,30,32,33). The summed E-state index contributed by atoms with van der Waals surface area (Å²) < 4.78 is 19.9. The molecule has 1 fully saturated rings. The Bertz CT molecular complexity index is 1520. The fourth-order valence-electron chi connectivity index (χ4n) is 4.63. The molecule has 0 radical (unpaired) electrons.